The number of hydrogen-bond donors (Lipinski definition) is 0. The first kappa shape index (κ1) is 25.5. The average molecular weight is 479 g/mol. The van der Waals surface area contributed by atoms with Gasteiger partial charge in [-0.1, -0.05) is 6.92 Å². The van der Waals surface area contributed by atoms with Crippen LogP contribution < -0.4 is 9.64 Å². The fraction of sp³-hybridized carbons (Fsp3) is 0.480. The van der Waals surface area contributed by atoms with Crippen LogP contribution in [0.1, 0.15) is 62.4 Å². The van der Waals surface area contributed by atoms with Gasteiger partial charge in [0.1, 0.15) is 17.1 Å². The van der Waals surface area contributed by atoms with E-state index in [1.165, 1.54) is 31.5 Å². The first-order valence-electron chi connectivity index (χ1n) is 11.3. The van der Waals surface area contributed by atoms with E-state index in [2.05, 4.69) is 11.9 Å². The third-order valence-electron chi connectivity index (χ3n) is 6.07. The molecule has 1 aliphatic carbocycles. The number of pyridine rings is 1. The van der Waals surface area contributed by atoms with Crippen LogP contribution in [0.2, 0.25) is 0 Å². The Bertz CT molecular complexity index is 1030. The molecule has 34 heavy (non-hydrogen) atoms. The molecule has 0 saturated heterocycles. The Morgan fingerprint density at radius 2 is 1.79 bits per heavy atom. The number of aromatic nitrogens is 1. The zero-order valence-corrected chi connectivity index (χ0v) is 19.7. The minimum absolute atomic E-state index is 0.00324. The third kappa shape index (κ3) is 5.69. The molecule has 1 heterocycles. The molecule has 1 aliphatic rings. The zero-order chi connectivity index (χ0) is 25.0. The van der Waals surface area contributed by atoms with Crippen LogP contribution >= 0.6 is 0 Å². The number of alkyl halides is 3. The Hall–Kier alpha value is -3.10. The van der Waals surface area contributed by atoms with Crippen LogP contribution in [-0.4, -0.2) is 30.0 Å². The summed E-state index contributed by atoms with van der Waals surface area (Å²) in [6.07, 6.45) is 0.686. The molecule has 0 spiro atoms. The predicted molar refractivity (Wildman–Crippen MR) is 121 cm³/mol. The third-order valence-corrected chi connectivity index (χ3v) is 6.07. The van der Waals surface area contributed by atoms with E-state index < -0.39 is 23.5 Å². The summed E-state index contributed by atoms with van der Waals surface area (Å²) in [7, 11) is 1.20. The van der Waals surface area contributed by atoms with Crippen LogP contribution in [0.4, 0.5) is 18.9 Å². The number of nitrogens with zero attached hydrogens (tertiary/aromatic N) is 2. The number of halogens is 3. The van der Waals surface area contributed by atoms with E-state index in [0.29, 0.717) is 17.8 Å². The Labute approximate surface area is 197 Å². The summed E-state index contributed by atoms with van der Waals surface area (Å²) in [5.41, 5.74) is -0.665. The highest BCUT2D eigenvalue weighted by Crippen LogP contribution is 2.39. The van der Waals surface area contributed by atoms with Gasteiger partial charge in [0.05, 0.1) is 18.4 Å². The molecule has 1 amide bonds. The van der Waals surface area contributed by atoms with Crippen molar-refractivity contribution in [2.24, 2.45) is 11.8 Å². The van der Waals surface area contributed by atoms with Crippen molar-refractivity contribution in [2.75, 3.05) is 12.0 Å². The molecule has 0 unspecified atom stereocenters. The molecular formula is C25H29F3N2O4. The number of carbonyl (C=O) groups excluding carboxylic acids is 2. The van der Waals surface area contributed by atoms with Gasteiger partial charge in [-0.05, 0) is 69.7 Å². The first-order valence-corrected chi connectivity index (χ1v) is 11.3. The number of amides is 1. The second-order valence-corrected chi connectivity index (χ2v) is 8.90. The van der Waals surface area contributed by atoms with E-state index in [0.717, 1.165) is 31.7 Å². The summed E-state index contributed by atoms with van der Waals surface area (Å²) in [6, 6.07) is 5.10. The Morgan fingerprint density at radius 1 is 1.12 bits per heavy atom. The molecule has 1 fully saturated rings. The predicted octanol–water partition coefficient (Wildman–Crippen LogP) is 6.25. The highest BCUT2D eigenvalue weighted by Gasteiger charge is 2.35. The summed E-state index contributed by atoms with van der Waals surface area (Å²) in [6.45, 7) is 5.87. The quantitative estimate of drug-likeness (QED) is 0.459. The molecule has 2 aromatic rings. The monoisotopic (exact) mass is 478 g/mol. The summed E-state index contributed by atoms with van der Waals surface area (Å²) < 4.78 is 50.4. The van der Waals surface area contributed by atoms with Crippen molar-refractivity contribution in [3.05, 3.63) is 47.8 Å². The van der Waals surface area contributed by atoms with Gasteiger partial charge in [-0.3, -0.25) is 9.78 Å². The molecular weight excluding hydrogens is 449 g/mol. The van der Waals surface area contributed by atoms with Gasteiger partial charge in [0.15, 0.2) is 0 Å². The molecule has 1 saturated carbocycles. The van der Waals surface area contributed by atoms with E-state index in [1.807, 2.05) is 13.8 Å². The van der Waals surface area contributed by atoms with Crippen molar-refractivity contribution in [3.8, 4) is 11.5 Å². The SMILES string of the molecule is COC(=O)c1cc(Oc2ccncc2C(F)(F)F)ccc1N(C(=O)C1CCC(C)CC1)C(C)C. The van der Waals surface area contributed by atoms with Crippen molar-refractivity contribution in [1.82, 2.24) is 4.98 Å². The van der Waals surface area contributed by atoms with Gasteiger partial charge in [-0.15, -0.1) is 0 Å². The molecule has 1 aromatic heterocycles. The topological polar surface area (TPSA) is 68.7 Å². The van der Waals surface area contributed by atoms with E-state index in [-0.39, 0.29) is 29.2 Å². The fourth-order valence-electron chi connectivity index (χ4n) is 4.23. The van der Waals surface area contributed by atoms with Crippen LogP contribution in [0.25, 0.3) is 0 Å². The van der Waals surface area contributed by atoms with Crippen molar-refractivity contribution in [3.63, 3.8) is 0 Å². The lowest BCUT2D eigenvalue weighted by Crippen LogP contribution is -2.43. The summed E-state index contributed by atoms with van der Waals surface area (Å²) in [5, 5.41) is 0. The standard InChI is InChI=1S/C25H29F3N2O4/c1-15(2)30(23(31)17-7-5-16(3)6-8-17)21-10-9-18(13-19(21)24(32)33-4)34-22-11-12-29-14-20(22)25(26,27)28/h9-17H,5-8H2,1-4H3. The number of carbonyl (C=O) groups is 2. The number of anilines is 1. The average Bonchev–Trinajstić information content (AvgIpc) is 2.79. The van der Waals surface area contributed by atoms with Gasteiger partial charge in [0.25, 0.3) is 0 Å². The second kappa shape index (κ2) is 10.4. The maximum atomic E-state index is 13.5. The number of ether oxygens (including phenoxy) is 2. The molecule has 1 aromatic carbocycles. The maximum absolute atomic E-state index is 13.5. The molecule has 9 heteroatoms. The fourth-order valence-corrected chi connectivity index (χ4v) is 4.23. The molecule has 3 rings (SSSR count). The van der Waals surface area contributed by atoms with E-state index in [1.54, 1.807) is 4.90 Å². The Balaban J connectivity index is 1.99. The summed E-state index contributed by atoms with van der Waals surface area (Å²) in [4.78, 5) is 31.2. The normalized spacial score (nSPS) is 18.5. The molecule has 0 radical (unpaired) electrons. The summed E-state index contributed by atoms with van der Waals surface area (Å²) >= 11 is 0. The van der Waals surface area contributed by atoms with Gasteiger partial charge < -0.3 is 14.4 Å². The minimum Gasteiger partial charge on any atom is -0.465 e. The van der Waals surface area contributed by atoms with Gasteiger partial charge in [0.2, 0.25) is 5.91 Å². The minimum atomic E-state index is -4.66. The number of methoxy groups -OCH3 is 1. The van der Waals surface area contributed by atoms with Crippen molar-refractivity contribution in [1.29, 1.82) is 0 Å². The van der Waals surface area contributed by atoms with Gasteiger partial charge in [0, 0.05) is 24.4 Å². The van der Waals surface area contributed by atoms with Crippen molar-refractivity contribution in [2.45, 2.75) is 58.7 Å². The maximum Gasteiger partial charge on any atom is 0.421 e. The number of esters is 1. The molecule has 184 valence electrons. The Morgan fingerprint density at radius 3 is 2.38 bits per heavy atom. The molecule has 0 N–H and O–H groups in total. The van der Waals surface area contributed by atoms with Crippen LogP contribution in [0.15, 0.2) is 36.7 Å². The van der Waals surface area contributed by atoms with Crippen molar-refractivity contribution < 1.29 is 32.2 Å². The van der Waals surface area contributed by atoms with Crippen LogP contribution in [0.5, 0.6) is 11.5 Å². The van der Waals surface area contributed by atoms with Crippen LogP contribution in [-0.2, 0) is 15.7 Å². The highest BCUT2D eigenvalue weighted by molar-refractivity contribution is 6.04. The molecule has 0 bridgehead atoms. The van der Waals surface area contributed by atoms with Crippen LogP contribution in [0, 0.1) is 11.8 Å². The number of rotatable bonds is 6. The first-order chi connectivity index (χ1) is 16.0. The summed E-state index contributed by atoms with van der Waals surface area (Å²) in [5.74, 6) is -0.807. The highest BCUT2D eigenvalue weighted by atomic mass is 19.4. The largest absolute Gasteiger partial charge is 0.465 e. The van der Waals surface area contributed by atoms with E-state index >= 15 is 0 Å². The molecule has 0 atom stereocenters. The van der Waals surface area contributed by atoms with Crippen LogP contribution in [0.3, 0.4) is 0 Å². The number of benzene rings is 1. The van der Waals surface area contributed by atoms with Gasteiger partial charge in [-0.25, -0.2) is 4.79 Å². The Kier molecular flexibility index (Phi) is 7.84. The number of hydrogen-bond acceptors (Lipinski definition) is 5. The van der Waals surface area contributed by atoms with E-state index in [4.69, 9.17) is 9.47 Å². The second-order valence-electron chi connectivity index (χ2n) is 8.90. The lowest BCUT2D eigenvalue weighted by Gasteiger charge is -2.34. The molecule has 0 aliphatic heterocycles. The van der Waals surface area contributed by atoms with Crippen molar-refractivity contribution >= 4 is 17.6 Å². The lowest BCUT2D eigenvalue weighted by molar-refractivity contribution is -0.138. The smallest absolute Gasteiger partial charge is 0.421 e. The van der Waals surface area contributed by atoms with E-state index in [9.17, 15) is 22.8 Å². The zero-order valence-electron chi connectivity index (χ0n) is 19.7. The molecule has 6 nitrogen and oxygen atoms in total. The van der Waals surface area contributed by atoms with Gasteiger partial charge >= 0.3 is 12.1 Å². The lowest BCUT2D eigenvalue weighted by atomic mass is 9.82. The van der Waals surface area contributed by atoms with Gasteiger partial charge in [-0.2, -0.15) is 13.2 Å².